The molecule has 15 heavy (non-hydrogen) atoms. The Balaban J connectivity index is 2.22. The molecule has 3 N–H and O–H groups in total. The van der Waals surface area contributed by atoms with E-state index in [-0.39, 0.29) is 6.04 Å². The molecule has 0 aromatic carbocycles. The minimum Gasteiger partial charge on any atom is -0.380 e. The van der Waals surface area contributed by atoms with Crippen LogP contribution in [0.5, 0.6) is 0 Å². The molecule has 0 amide bonds. The predicted molar refractivity (Wildman–Crippen MR) is 63.4 cm³/mol. The molecule has 1 aliphatic carbocycles. The second-order valence-electron chi connectivity index (χ2n) is 4.25. The molecule has 1 aliphatic rings. The first-order valence-electron chi connectivity index (χ1n) is 6.08. The van der Waals surface area contributed by atoms with Gasteiger partial charge in [-0.15, -0.1) is 0 Å². The van der Waals surface area contributed by atoms with Gasteiger partial charge in [0.15, 0.2) is 0 Å². The van der Waals surface area contributed by atoms with Crippen molar-refractivity contribution in [2.45, 2.75) is 51.5 Å². The van der Waals surface area contributed by atoms with Crippen LogP contribution in [0.4, 0.5) is 0 Å². The van der Waals surface area contributed by atoms with Gasteiger partial charge in [0.25, 0.3) is 0 Å². The third-order valence-corrected chi connectivity index (χ3v) is 2.80. The van der Waals surface area contributed by atoms with Gasteiger partial charge in [0.1, 0.15) is 0 Å². The van der Waals surface area contributed by atoms with Gasteiger partial charge >= 0.3 is 0 Å². The van der Waals surface area contributed by atoms with E-state index in [1.54, 1.807) is 5.57 Å². The first-order chi connectivity index (χ1) is 7.36. The summed E-state index contributed by atoms with van der Waals surface area (Å²) >= 11 is 0. The highest BCUT2D eigenvalue weighted by atomic mass is 16.5. The third-order valence-electron chi connectivity index (χ3n) is 2.80. The third kappa shape index (κ3) is 5.30. The molecule has 0 saturated heterocycles. The van der Waals surface area contributed by atoms with E-state index < -0.39 is 0 Å². The van der Waals surface area contributed by atoms with Crippen LogP contribution >= 0.6 is 0 Å². The Morgan fingerprint density at radius 1 is 1.53 bits per heavy atom. The van der Waals surface area contributed by atoms with Gasteiger partial charge in [0.2, 0.25) is 0 Å². The lowest BCUT2D eigenvalue weighted by molar-refractivity contribution is 0.111. The monoisotopic (exact) mass is 212 g/mol. The second kappa shape index (κ2) is 7.85. The van der Waals surface area contributed by atoms with Crippen LogP contribution in [0.1, 0.15) is 45.4 Å². The molecular weight excluding hydrogens is 188 g/mol. The molecule has 0 spiro atoms. The fourth-order valence-electron chi connectivity index (χ4n) is 1.94. The summed E-state index contributed by atoms with van der Waals surface area (Å²) in [6, 6.07) is 0.279. The average molecular weight is 212 g/mol. The van der Waals surface area contributed by atoms with Crippen LogP contribution in [-0.4, -0.2) is 19.3 Å². The number of rotatable bonds is 7. The molecule has 3 heteroatoms. The van der Waals surface area contributed by atoms with E-state index in [0.29, 0.717) is 0 Å². The smallest absolute Gasteiger partial charge is 0.0636 e. The van der Waals surface area contributed by atoms with E-state index in [1.807, 2.05) is 0 Å². The van der Waals surface area contributed by atoms with E-state index in [0.717, 1.165) is 26.1 Å². The molecular formula is C12H24N2O. The number of nitrogens with two attached hydrogens (primary N) is 1. The van der Waals surface area contributed by atoms with Crippen LogP contribution in [0.15, 0.2) is 11.6 Å². The molecule has 0 aliphatic heterocycles. The van der Waals surface area contributed by atoms with E-state index in [9.17, 15) is 0 Å². The molecule has 88 valence electrons. The van der Waals surface area contributed by atoms with Gasteiger partial charge in [0, 0.05) is 12.6 Å². The van der Waals surface area contributed by atoms with Crippen molar-refractivity contribution in [3.05, 3.63) is 11.6 Å². The van der Waals surface area contributed by atoms with Crippen molar-refractivity contribution in [1.82, 2.24) is 5.43 Å². The van der Waals surface area contributed by atoms with Gasteiger partial charge in [-0.05, 0) is 38.5 Å². The Bertz CT molecular complexity index is 192. The zero-order valence-electron chi connectivity index (χ0n) is 9.80. The Hall–Kier alpha value is -0.380. The number of hydrogen-bond acceptors (Lipinski definition) is 3. The van der Waals surface area contributed by atoms with Gasteiger partial charge in [0.05, 0.1) is 6.61 Å². The van der Waals surface area contributed by atoms with Crippen LogP contribution in [0.2, 0.25) is 0 Å². The second-order valence-corrected chi connectivity index (χ2v) is 4.25. The van der Waals surface area contributed by atoms with Gasteiger partial charge in [-0.1, -0.05) is 18.6 Å². The van der Waals surface area contributed by atoms with Crippen LogP contribution in [0.3, 0.4) is 0 Å². The van der Waals surface area contributed by atoms with Crippen molar-refractivity contribution in [2.75, 3.05) is 13.2 Å². The highest BCUT2D eigenvalue weighted by molar-refractivity contribution is 5.06. The lowest BCUT2D eigenvalue weighted by Crippen LogP contribution is -2.39. The van der Waals surface area contributed by atoms with E-state index >= 15 is 0 Å². The maximum Gasteiger partial charge on any atom is 0.0636 e. The van der Waals surface area contributed by atoms with Gasteiger partial charge in [-0.3, -0.25) is 11.3 Å². The summed E-state index contributed by atoms with van der Waals surface area (Å²) in [5, 5.41) is 0. The van der Waals surface area contributed by atoms with Crippen molar-refractivity contribution in [3.63, 3.8) is 0 Å². The molecule has 0 saturated carbocycles. The highest BCUT2D eigenvalue weighted by Gasteiger charge is 2.11. The van der Waals surface area contributed by atoms with E-state index in [2.05, 4.69) is 18.4 Å². The quantitative estimate of drug-likeness (QED) is 0.294. The molecule has 0 aromatic heterocycles. The molecule has 0 fully saturated rings. The molecule has 0 bridgehead atoms. The minimum absolute atomic E-state index is 0.279. The molecule has 3 nitrogen and oxygen atoms in total. The van der Waals surface area contributed by atoms with Crippen LogP contribution in [0, 0.1) is 0 Å². The zero-order valence-corrected chi connectivity index (χ0v) is 9.80. The van der Waals surface area contributed by atoms with Crippen molar-refractivity contribution in [3.8, 4) is 0 Å². The zero-order chi connectivity index (χ0) is 10.9. The Morgan fingerprint density at radius 2 is 2.40 bits per heavy atom. The Labute approximate surface area is 93.0 Å². The summed E-state index contributed by atoms with van der Waals surface area (Å²) < 4.78 is 5.51. The summed E-state index contributed by atoms with van der Waals surface area (Å²) in [4.78, 5) is 0. The molecule has 0 heterocycles. The Morgan fingerprint density at radius 3 is 3.00 bits per heavy atom. The summed E-state index contributed by atoms with van der Waals surface area (Å²) in [5.74, 6) is 5.51. The molecule has 1 unspecified atom stereocenters. The lowest BCUT2D eigenvalue weighted by atomic mass is 9.95. The maximum atomic E-state index is 5.51. The number of ether oxygens (including phenoxy) is 1. The van der Waals surface area contributed by atoms with Crippen molar-refractivity contribution < 1.29 is 4.74 Å². The maximum absolute atomic E-state index is 5.51. The normalized spacial score (nSPS) is 18.7. The van der Waals surface area contributed by atoms with Gasteiger partial charge < -0.3 is 4.74 Å². The SMILES string of the molecule is CCCOCC(CC1=CCCCC1)NN. The number of hydrazine groups is 1. The summed E-state index contributed by atoms with van der Waals surface area (Å²) in [7, 11) is 0. The molecule has 1 atom stereocenters. The topological polar surface area (TPSA) is 47.3 Å². The lowest BCUT2D eigenvalue weighted by Gasteiger charge is -2.20. The highest BCUT2D eigenvalue weighted by Crippen LogP contribution is 2.21. The minimum atomic E-state index is 0.279. The van der Waals surface area contributed by atoms with Crippen LogP contribution in [0.25, 0.3) is 0 Å². The molecule has 1 rings (SSSR count). The van der Waals surface area contributed by atoms with Crippen molar-refractivity contribution in [2.24, 2.45) is 5.84 Å². The van der Waals surface area contributed by atoms with E-state index in [1.165, 1.54) is 25.7 Å². The summed E-state index contributed by atoms with van der Waals surface area (Å²) in [5.41, 5.74) is 4.39. The fourth-order valence-corrected chi connectivity index (χ4v) is 1.94. The number of nitrogens with one attached hydrogen (secondary N) is 1. The first-order valence-corrected chi connectivity index (χ1v) is 6.08. The number of hydrogen-bond donors (Lipinski definition) is 2. The van der Waals surface area contributed by atoms with Crippen LogP contribution in [-0.2, 0) is 4.74 Å². The summed E-state index contributed by atoms with van der Waals surface area (Å²) in [6.45, 7) is 3.67. The Kier molecular flexibility index (Phi) is 6.64. The predicted octanol–water partition coefficient (Wildman–Crippen LogP) is 2.14. The molecule has 0 aromatic rings. The van der Waals surface area contributed by atoms with Gasteiger partial charge in [-0.2, -0.15) is 0 Å². The van der Waals surface area contributed by atoms with Crippen molar-refractivity contribution in [1.29, 1.82) is 0 Å². The standard InChI is InChI=1S/C12H24N2O/c1-2-8-15-10-12(14-13)9-11-6-4-3-5-7-11/h6,12,14H,2-5,7-10,13H2,1H3. The van der Waals surface area contributed by atoms with Gasteiger partial charge in [-0.25, -0.2) is 0 Å². The van der Waals surface area contributed by atoms with Crippen LogP contribution < -0.4 is 11.3 Å². The average Bonchev–Trinajstić information content (AvgIpc) is 2.29. The first kappa shape index (κ1) is 12.7. The summed E-state index contributed by atoms with van der Waals surface area (Å²) in [6.07, 6.45) is 9.64. The fraction of sp³-hybridized carbons (Fsp3) is 0.833. The van der Waals surface area contributed by atoms with Crippen molar-refractivity contribution >= 4 is 0 Å². The molecule has 0 radical (unpaired) electrons. The largest absolute Gasteiger partial charge is 0.380 e. The van der Waals surface area contributed by atoms with E-state index in [4.69, 9.17) is 10.6 Å². The number of allylic oxidation sites excluding steroid dienone is 1.